The molecular weight excluding hydrogens is 252 g/mol. The Morgan fingerprint density at radius 2 is 2.10 bits per heavy atom. The molecular formula is C16H24N2O2. The minimum atomic E-state index is -0.363. The van der Waals surface area contributed by atoms with Gasteiger partial charge in [-0.2, -0.15) is 0 Å². The topological polar surface area (TPSA) is 55.6 Å². The van der Waals surface area contributed by atoms with E-state index in [1.54, 1.807) is 4.90 Å². The zero-order valence-corrected chi connectivity index (χ0v) is 12.6. The highest BCUT2D eigenvalue weighted by Crippen LogP contribution is 2.36. The number of amides is 1. The zero-order chi connectivity index (χ0) is 14.7. The van der Waals surface area contributed by atoms with E-state index in [4.69, 9.17) is 10.5 Å². The van der Waals surface area contributed by atoms with E-state index in [-0.39, 0.29) is 18.1 Å². The lowest BCUT2D eigenvalue weighted by Gasteiger charge is -2.34. The van der Waals surface area contributed by atoms with Gasteiger partial charge in [0, 0.05) is 12.6 Å². The summed E-state index contributed by atoms with van der Waals surface area (Å²) in [7, 11) is 0. The van der Waals surface area contributed by atoms with Crippen LogP contribution in [0.1, 0.15) is 51.6 Å². The first-order valence-corrected chi connectivity index (χ1v) is 7.49. The van der Waals surface area contributed by atoms with E-state index in [1.165, 1.54) is 0 Å². The number of nitrogens with zero attached hydrogens (tertiary/aromatic N) is 1. The summed E-state index contributed by atoms with van der Waals surface area (Å²) in [4.78, 5) is 14.1. The van der Waals surface area contributed by atoms with E-state index in [1.807, 2.05) is 32.0 Å². The first-order valence-electron chi connectivity index (χ1n) is 7.49. The van der Waals surface area contributed by atoms with Crippen LogP contribution in [0.4, 0.5) is 5.69 Å². The Morgan fingerprint density at radius 3 is 2.70 bits per heavy atom. The maximum Gasteiger partial charge on any atom is 0.268 e. The fourth-order valence-electron chi connectivity index (χ4n) is 2.63. The van der Waals surface area contributed by atoms with Crippen molar-refractivity contribution in [1.29, 1.82) is 0 Å². The Bertz CT molecular complexity index is 487. The van der Waals surface area contributed by atoms with Crippen LogP contribution in [-0.2, 0) is 4.79 Å². The number of rotatable bonds is 5. The monoisotopic (exact) mass is 276 g/mol. The van der Waals surface area contributed by atoms with Gasteiger partial charge in [0.2, 0.25) is 0 Å². The molecule has 110 valence electrons. The molecule has 0 bridgehead atoms. The third-order valence-electron chi connectivity index (χ3n) is 3.80. The number of anilines is 1. The molecule has 2 unspecified atom stereocenters. The minimum absolute atomic E-state index is 0.0167. The number of fused-ring (bicyclic) bond motifs is 1. The predicted octanol–water partition coefficient (Wildman–Crippen LogP) is 3.01. The largest absolute Gasteiger partial charge is 0.478 e. The lowest BCUT2D eigenvalue weighted by Crippen LogP contribution is -2.45. The third-order valence-corrected chi connectivity index (χ3v) is 3.80. The van der Waals surface area contributed by atoms with E-state index in [9.17, 15) is 4.79 Å². The van der Waals surface area contributed by atoms with Crippen LogP contribution in [0.25, 0.3) is 0 Å². The average Bonchev–Trinajstić information content (AvgIpc) is 2.46. The zero-order valence-electron chi connectivity index (χ0n) is 12.6. The highest BCUT2D eigenvalue weighted by Gasteiger charge is 2.32. The Labute approximate surface area is 120 Å². The lowest BCUT2D eigenvalue weighted by atomic mass is 10.0. The van der Waals surface area contributed by atoms with Gasteiger partial charge in [-0.25, -0.2) is 0 Å². The van der Waals surface area contributed by atoms with Crippen molar-refractivity contribution in [2.45, 2.75) is 52.2 Å². The first-order chi connectivity index (χ1) is 9.62. The molecule has 0 radical (unpaired) electrons. The lowest BCUT2D eigenvalue weighted by molar-refractivity contribution is -0.126. The molecule has 1 aliphatic rings. The Kier molecular flexibility index (Phi) is 4.65. The minimum Gasteiger partial charge on any atom is -0.478 e. The van der Waals surface area contributed by atoms with Crippen molar-refractivity contribution in [2.75, 3.05) is 11.4 Å². The maximum absolute atomic E-state index is 12.3. The quantitative estimate of drug-likeness (QED) is 0.899. The van der Waals surface area contributed by atoms with Crippen LogP contribution >= 0.6 is 0 Å². The van der Waals surface area contributed by atoms with Gasteiger partial charge in [0.1, 0.15) is 5.75 Å². The molecule has 1 aromatic rings. The molecule has 0 fully saturated rings. The van der Waals surface area contributed by atoms with E-state index in [2.05, 4.69) is 6.92 Å². The summed E-state index contributed by atoms with van der Waals surface area (Å²) in [6.07, 6.45) is 2.31. The molecule has 0 saturated carbocycles. The molecule has 2 N–H and O–H groups in total. The molecule has 20 heavy (non-hydrogen) atoms. The number of hydrogen-bond acceptors (Lipinski definition) is 3. The van der Waals surface area contributed by atoms with Crippen molar-refractivity contribution in [3.8, 4) is 5.75 Å². The predicted molar refractivity (Wildman–Crippen MR) is 81.0 cm³/mol. The molecule has 0 aliphatic carbocycles. The second-order valence-corrected chi connectivity index (χ2v) is 5.22. The summed E-state index contributed by atoms with van der Waals surface area (Å²) in [5, 5.41) is 0. The Morgan fingerprint density at radius 1 is 1.35 bits per heavy atom. The molecule has 4 heteroatoms. The summed E-state index contributed by atoms with van der Waals surface area (Å²) >= 11 is 0. The van der Waals surface area contributed by atoms with Crippen LogP contribution in [0.5, 0.6) is 5.75 Å². The third kappa shape index (κ3) is 2.66. The molecule has 1 aromatic carbocycles. The number of hydrogen-bond donors (Lipinski definition) is 1. The van der Waals surface area contributed by atoms with Crippen molar-refractivity contribution in [3.05, 3.63) is 23.8 Å². The fraction of sp³-hybridized carbons (Fsp3) is 0.562. The van der Waals surface area contributed by atoms with Crippen LogP contribution in [0, 0.1) is 0 Å². The molecule has 1 amide bonds. The van der Waals surface area contributed by atoms with Gasteiger partial charge >= 0.3 is 0 Å². The second kappa shape index (κ2) is 6.27. The summed E-state index contributed by atoms with van der Waals surface area (Å²) in [6.45, 7) is 6.72. The van der Waals surface area contributed by atoms with Gasteiger partial charge < -0.3 is 15.4 Å². The summed E-state index contributed by atoms with van der Waals surface area (Å²) < 4.78 is 5.79. The van der Waals surface area contributed by atoms with Gasteiger partial charge in [-0.05, 0) is 37.5 Å². The van der Waals surface area contributed by atoms with Crippen LogP contribution in [0.3, 0.4) is 0 Å². The number of benzene rings is 1. The van der Waals surface area contributed by atoms with E-state index >= 15 is 0 Å². The Hall–Kier alpha value is -1.55. The van der Waals surface area contributed by atoms with E-state index in [0.717, 1.165) is 29.8 Å². The van der Waals surface area contributed by atoms with Gasteiger partial charge in [0.15, 0.2) is 6.10 Å². The fourth-order valence-corrected chi connectivity index (χ4v) is 2.63. The second-order valence-electron chi connectivity index (χ2n) is 5.22. The molecule has 4 nitrogen and oxygen atoms in total. The van der Waals surface area contributed by atoms with Gasteiger partial charge in [-0.3, -0.25) is 4.79 Å². The average molecular weight is 276 g/mol. The van der Waals surface area contributed by atoms with E-state index in [0.29, 0.717) is 13.0 Å². The van der Waals surface area contributed by atoms with Crippen molar-refractivity contribution < 1.29 is 9.53 Å². The van der Waals surface area contributed by atoms with Gasteiger partial charge in [-0.1, -0.05) is 26.3 Å². The number of carbonyl (C=O) groups excluding carboxylic acids is 1. The summed E-state index contributed by atoms with van der Waals surface area (Å²) in [6, 6.07) is 5.97. The number of ether oxygens (including phenoxy) is 1. The van der Waals surface area contributed by atoms with Crippen molar-refractivity contribution in [3.63, 3.8) is 0 Å². The number of carbonyl (C=O) groups is 1. The van der Waals surface area contributed by atoms with Gasteiger partial charge in [0.05, 0.1) is 5.69 Å². The normalized spacial score (nSPS) is 19.5. The standard InChI is InChI=1S/C16H24N2O2/c1-4-7-12(17)11-8-9-15-13(10-11)18(6-3)16(19)14(5-2)20-15/h8-10,12,14H,4-7,17H2,1-3H3. The van der Waals surface area contributed by atoms with Crippen molar-refractivity contribution in [2.24, 2.45) is 5.73 Å². The molecule has 0 aromatic heterocycles. The smallest absolute Gasteiger partial charge is 0.268 e. The van der Waals surface area contributed by atoms with Gasteiger partial charge in [-0.15, -0.1) is 0 Å². The molecule has 0 spiro atoms. The molecule has 1 heterocycles. The van der Waals surface area contributed by atoms with Crippen LogP contribution in [0.15, 0.2) is 18.2 Å². The van der Waals surface area contributed by atoms with Crippen LogP contribution in [-0.4, -0.2) is 18.6 Å². The molecule has 0 saturated heterocycles. The molecule has 2 atom stereocenters. The van der Waals surface area contributed by atoms with Crippen molar-refractivity contribution >= 4 is 11.6 Å². The van der Waals surface area contributed by atoms with Crippen LogP contribution < -0.4 is 15.4 Å². The molecule has 2 rings (SSSR count). The van der Waals surface area contributed by atoms with Gasteiger partial charge in [0.25, 0.3) is 5.91 Å². The Balaban J connectivity index is 2.37. The highest BCUT2D eigenvalue weighted by atomic mass is 16.5. The summed E-state index contributed by atoms with van der Waals surface area (Å²) in [5.41, 5.74) is 8.09. The SMILES string of the molecule is CCCC(N)c1ccc2c(c1)N(CC)C(=O)C(CC)O2. The van der Waals surface area contributed by atoms with E-state index < -0.39 is 0 Å². The van der Waals surface area contributed by atoms with Crippen LogP contribution in [0.2, 0.25) is 0 Å². The highest BCUT2D eigenvalue weighted by molar-refractivity contribution is 6.00. The van der Waals surface area contributed by atoms with Crippen molar-refractivity contribution in [1.82, 2.24) is 0 Å². The number of nitrogens with two attached hydrogens (primary N) is 1. The number of likely N-dealkylation sites (N-methyl/N-ethyl adjacent to an activating group) is 1. The first kappa shape index (κ1) is 14.9. The summed E-state index contributed by atoms with van der Waals surface area (Å²) in [5.74, 6) is 0.828. The molecule has 1 aliphatic heterocycles. The maximum atomic E-state index is 12.3.